The fraction of sp³-hybridized carbons (Fsp3) is 0.235. The van der Waals surface area contributed by atoms with E-state index in [2.05, 4.69) is 4.40 Å². The quantitative estimate of drug-likeness (QED) is 0.576. The maximum Gasteiger partial charge on any atom is 0.285 e. The van der Waals surface area contributed by atoms with Crippen molar-refractivity contribution >= 4 is 43.2 Å². The third-order valence-electron chi connectivity index (χ3n) is 3.62. The Labute approximate surface area is 159 Å². The zero-order valence-corrected chi connectivity index (χ0v) is 16.2. The summed E-state index contributed by atoms with van der Waals surface area (Å²) in [6.45, 7) is 2.99. The van der Waals surface area contributed by atoms with Gasteiger partial charge in [0.1, 0.15) is 5.82 Å². The number of ether oxygens (including phenoxy) is 1. The largest absolute Gasteiger partial charge is 0.380 e. The van der Waals surface area contributed by atoms with Gasteiger partial charge in [-0.25, -0.2) is 4.39 Å². The summed E-state index contributed by atoms with van der Waals surface area (Å²) in [5.74, 6) is -0.430. The lowest BCUT2D eigenvalue weighted by molar-refractivity contribution is 0.139. The van der Waals surface area contributed by atoms with Crippen LogP contribution in [0.4, 0.5) is 4.39 Å². The first-order chi connectivity index (χ1) is 12.4. The number of halogens is 2. The van der Waals surface area contributed by atoms with Crippen molar-refractivity contribution in [1.29, 1.82) is 0 Å². The summed E-state index contributed by atoms with van der Waals surface area (Å²) in [4.78, 5) is 0.218. The number of thiazole rings is 1. The van der Waals surface area contributed by atoms with Crippen molar-refractivity contribution in [2.45, 2.75) is 18.4 Å². The van der Waals surface area contributed by atoms with Crippen LogP contribution in [-0.4, -0.2) is 26.2 Å². The van der Waals surface area contributed by atoms with Crippen LogP contribution in [-0.2, 0) is 21.3 Å². The Bertz CT molecular complexity index is 1090. The highest BCUT2D eigenvalue weighted by atomic mass is 35.5. The number of sulfonamides is 1. The highest BCUT2D eigenvalue weighted by molar-refractivity contribution is 7.90. The zero-order valence-electron chi connectivity index (χ0n) is 13.9. The minimum atomic E-state index is -3.95. The van der Waals surface area contributed by atoms with Crippen LogP contribution in [0.2, 0.25) is 5.02 Å². The Morgan fingerprint density at radius 3 is 2.65 bits per heavy atom. The summed E-state index contributed by atoms with van der Waals surface area (Å²) in [5, 5.41) is 0.430. The average Bonchev–Trinajstić information content (AvgIpc) is 2.93. The second-order valence-corrected chi connectivity index (χ2v) is 8.39. The van der Waals surface area contributed by atoms with E-state index in [1.807, 2.05) is 6.92 Å². The Hall–Kier alpha value is -1.74. The summed E-state index contributed by atoms with van der Waals surface area (Å²) >= 11 is 6.92. The molecule has 9 heteroatoms. The second kappa shape index (κ2) is 7.87. The first-order valence-electron chi connectivity index (χ1n) is 7.84. The van der Waals surface area contributed by atoms with Gasteiger partial charge in [-0.3, -0.25) is 0 Å². The zero-order chi connectivity index (χ0) is 18.7. The lowest BCUT2D eigenvalue weighted by atomic mass is 10.3. The fourth-order valence-electron chi connectivity index (χ4n) is 2.43. The van der Waals surface area contributed by atoms with Gasteiger partial charge >= 0.3 is 0 Å². The third-order valence-corrected chi connectivity index (χ3v) is 6.32. The highest BCUT2D eigenvalue weighted by Gasteiger charge is 2.16. The number of benzene rings is 2. The lowest BCUT2D eigenvalue weighted by Crippen LogP contribution is -2.20. The SMILES string of the molecule is CCOCCn1c(=NS(=O)(=O)c2ccc(Cl)cc2)sc2cccc(F)c21. The Balaban J connectivity index is 2.16. The maximum absolute atomic E-state index is 14.3. The van der Waals surface area contributed by atoms with Crippen LogP contribution in [0, 0.1) is 5.82 Å². The van der Waals surface area contributed by atoms with Crippen molar-refractivity contribution in [2.75, 3.05) is 13.2 Å². The number of hydrogen-bond donors (Lipinski definition) is 0. The smallest absolute Gasteiger partial charge is 0.285 e. The standard InChI is InChI=1S/C17H16ClFN2O3S2/c1-2-24-11-10-21-16-14(19)4-3-5-15(16)25-17(21)20-26(22,23)13-8-6-12(18)7-9-13/h3-9H,2,10-11H2,1H3. The molecular formula is C17H16ClFN2O3S2. The van der Waals surface area contributed by atoms with Gasteiger partial charge in [0.2, 0.25) is 4.80 Å². The van der Waals surface area contributed by atoms with Crippen LogP contribution in [0.25, 0.3) is 10.2 Å². The molecule has 0 bridgehead atoms. The molecule has 3 rings (SSSR count). The first-order valence-corrected chi connectivity index (χ1v) is 10.5. The maximum atomic E-state index is 14.3. The molecule has 2 aromatic carbocycles. The summed E-state index contributed by atoms with van der Waals surface area (Å²) < 4.78 is 51.0. The number of rotatable bonds is 6. The van der Waals surface area contributed by atoms with Gasteiger partial charge in [-0.1, -0.05) is 29.0 Å². The van der Waals surface area contributed by atoms with E-state index in [9.17, 15) is 12.8 Å². The summed E-state index contributed by atoms with van der Waals surface area (Å²) in [5.41, 5.74) is 0.322. The van der Waals surface area contributed by atoms with Gasteiger partial charge in [-0.2, -0.15) is 8.42 Å². The van der Waals surface area contributed by atoms with Crippen molar-refractivity contribution in [3.63, 3.8) is 0 Å². The summed E-state index contributed by atoms with van der Waals surface area (Å²) in [6, 6.07) is 10.4. The van der Waals surface area contributed by atoms with E-state index in [-0.39, 0.29) is 9.70 Å². The van der Waals surface area contributed by atoms with E-state index in [1.165, 1.54) is 30.3 Å². The third kappa shape index (κ3) is 3.98. The molecule has 0 amide bonds. The molecule has 0 aliphatic heterocycles. The molecule has 1 aromatic heterocycles. The van der Waals surface area contributed by atoms with Gasteiger partial charge in [-0.15, -0.1) is 4.40 Å². The molecule has 0 unspecified atom stereocenters. The molecule has 0 saturated carbocycles. The van der Waals surface area contributed by atoms with Crippen LogP contribution < -0.4 is 4.80 Å². The van der Waals surface area contributed by atoms with Crippen LogP contribution in [0.3, 0.4) is 0 Å². The number of fused-ring (bicyclic) bond motifs is 1. The molecule has 26 heavy (non-hydrogen) atoms. The molecule has 0 fully saturated rings. The second-order valence-electron chi connectivity index (χ2n) is 5.34. The molecule has 0 N–H and O–H groups in total. The van der Waals surface area contributed by atoms with Gasteiger partial charge in [0.25, 0.3) is 10.0 Å². The van der Waals surface area contributed by atoms with E-state index < -0.39 is 15.8 Å². The van der Waals surface area contributed by atoms with Crippen LogP contribution in [0.1, 0.15) is 6.92 Å². The van der Waals surface area contributed by atoms with Crippen molar-refractivity contribution < 1.29 is 17.5 Å². The number of nitrogens with zero attached hydrogens (tertiary/aromatic N) is 2. The van der Waals surface area contributed by atoms with Gasteiger partial charge in [0.15, 0.2) is 0 Å². The molecule has 0 spiro atoms. The van der Waals surface area contributed by atoms with Gasteiger partial charge < -0.3 is 9.30 Å². The van der Waals surface area contributed by atoms with Crippen molar-refractivity contribution in [1.82, 2.24) is 4.57 Å². The molecule has 0 aliphatic rings. The van der Waals surface area contributed by atoms with E-state index >= 15 is 0 Å². The van der Waals surface area contributed by atoms with Gasteiger partial charge in [-0.05, 0) is 43.3 Å². The van der Waals surface area contributed by atoms with E-state index in [1.54, 1.807) is 16.7 Å². The van der Waals surface area contributed by atoms with E-state index in [0.717, 1.165) is 11.3 Å². The van der Waals surface area contributed by atoms with E-state index in [0.29, 0.717) is 35.0 Å². The Kier molecular flexibility index (Phi) is 5.76. The molecule has 0 atom stereocenters. The number of para-hydroxylation sites is 1. The average molecular weight is 415 g/mol. The van der Waals surface area contributed by atoms with Crippen LogP contribution in [0.5, 0.6) is 0 Å². The van der Waals surface area contributed by atoms with Crippen LogP contribution in [0.15, 0.2) is 51.8 Å². The minimum Gasteiger partial charge on any atom is -0.380 e. The molecule has 0 radical (unpaired) electrons. The highest BCUT2D eigenvalue weighted by Crippen LogP contribution is 2.21. The molecule has 0 saturated heterocycles. The van der Waals surface area contributed by atoms with E-state index in [4.69, 9.17) is 16.3 Å². The molecule has 3 aromatic rings. The van der Waals surface area contributed by atoms with Crippen LogP contribution >= 0.6 is 22.9 Å². The van der Waals surface area contributed by atoms with Crippen molar-refractivity contribution in [3.05, 3.63) is 58.1 Å². The summed E-state index contributed by atoms with van der Waals surface area (Å²) in [6.07, 6.45) is 0. The Morgan fingerprint density at radius 2 is 1.96 bits per heavy atom. The van der Waals surface area contributed by atoms with Gasteiger partial charge in [0.05, 0.1) is 21.7 Å². The van der Waals surface area contributed by atoms with Gasteiger partial charge in [0, 0.05) is 18.2 Å². The van der Waals surface area contributed by atoms with Crippen molar-refractivity contribution in [2.24, 2.45) is 4.40 Å². The molecule has 5 nitrogen and oxygen atoms in total. The molecule has 0 aliphatic carbocycles. The van der Waals surface area contributed by atoms with Crippen molar-refractivity contribution in [3.8, 4) is 0 Å². The monoisotopic (exact) mass is 414 g/mol. The lowest BCUT2D eigenvalue weighted by Gasteiger charge is -2.06. The normalized spacial score (nSPS) is 12.8. The molecular weight excluding hydrogens is 399 g/mol. The predicted molar refractivity (Wildman–Crippen MR) is 100 cm³/mol. The minimum absolute atomic E-state index is 0.0242. The fourth-order valence-corrected chi connectivity index (χ4v) is 4.83. The summed E-state index contributed by atoms with van der Waals surface area (Å²) in [7, 11) is -3.95. The predicted octanol–water partition coefficient (Wildman–Crippen LogP) is 3.82. The topological polar surface area (TPSA) is 60.7 Å². The molecule has 1 heterocycles. The molecule has 138 valence electrons. The Morgan fingerprint density at radius 1 is 1.23 bits per heavy atom. The number of aromatic nitrogens is 1. The number of hydrogen-bond acceptors (Lipinski definition) is 4. The first kappa shape index (κ1) is 19.0.